The van der Waals surface area contributed by atoms with Crippen LogP contribution in [0.3, 0.4) is 0 Å². The van der Waals surface area contributed by atoms with Crippen LogP contribution in [0.2, 0.25) is 0 Å². The minimum Gasteiger partial charge on any atom is -0.497 e. The Morgan fingerprint density at radius 1 is 1.03 bits per heavy atom. The number of fused-ring (bicyclic) bond motifs is 3. The van der Waals surface area contributed by atoms with Crippen molar-refractivity contribution in [2.75, 3.05) is 25.1 Å². The lowest BCUT2D eigenvalue weighted by atomic mass is 9.81. The largest absolute Gasteiger partial charge is 0.497 e. The van der Waals surface area contributed by atoms with E-state index in [2.05, 4.69) is 23.1 Å². The number of carbonyl (C=O) groups is 1. The minimum atomic E-state index is 0.213. The smallest absolute Gasteiger partial charge is 0.231 e. The number of amides is 1. The molecule has 3 aliphatic heterocycles. The Morgan fingerprint density at radius 2 is 1.86 bits per heavy atom. The molecule has 0 aliphatic carbocycles. The van der Waals surface area contributed by atoms with E-state index in [0.717, 1.165) is 26.9 Å². The zero-order valence-electron chi connectivity index (χ0n) is 17.0. The van der Waals surface area contributed by atoms with Crippen LogP contribution in [-0.4, -0.2) is 37.0 Å². The Hall–Kier alpha value is -1.98. The molecule has 0 saturated carbocycles. The van der Waals surface area contributed by atoms with Gasteiger partial charge in [0.15, 0.2) is 0 Å². The summed E-state index contributed by atoms with van der Waals surface area (Å²) >= 11 is 1.73. The van der Waals surface area contributed by atoms with E-state index in [4.69, 9.17) is 4.74 Å². The topological polar surface area (TPSA) is 32.8 Å². The minimum absolute atomic E-state index is 0.213. The molecule has 3 heterocycles. The molecule has 2 fully saturated rings. The predicted molar refractivity (Wildman–Crippen MR) is 117 cm³/mol. The summed E-state index contributed by atoms with van der Waals surface area (Å²) in [6.07, 6.45) is 6.86. The molecule has 0 spiro atoms. The number of methoxy groups -OCH3 is 1. The predicted octanol–water partition coefficient (Wildman–Crippen LogP) is 5.48. The van der Waals surface area contributed by atoms with Gasteiger partial charge in [0.2, 0.25) is 5.91 Å². The second-order valence-electron chi connectivity index (χ2n) is 8.34. The van der Waals surface area contributed by atoms with Crippen LogP contribution in [-0.2, 0) is 4.79 Å². The van der Waals surface area contributed by atoms with Gasteiger partial charge < -0.3 is 9.64 Å². The average Bonchev–Trinajstić information content (AvgIpc) is 2.77. The maximum Gasteiger partial charge on any atom is 0.231 e. The molecule has 3 aliphatic rings. The van der Waals surface area contributed by atoms with Crippen molar-refractivity contribution in [2.24, 2.45) is 5.92 Å². The third-order valence-electron chi connectivity index (χ3n) is 6.65. The zero-order chi connectivity index (χ0) is 19.8. The second-order valence-corrected chi connectivity index (χ2v) is 9.42. The van der Waals surface area contributed by atoms with Gasteiger partial charge in [0.1, 0.15) is 5.75 Å². The molecule has 5 heteroatoms. The lowest BCUT2D eigenvalue weighted by Gasteiger charge is -2.44. The molecule has 0 bridgehead atoms. The van der Waals surface area contributed by atoms with E-state index in [1.165, 1.54) is 45.2 Å². The number of carbonyl (C=O) groups excluding carboxylic acids is 1. The van der Waals surface area contributed by atoms with Gasteiger partial charge in [-0.3, -0.25) is 9.69 Å². The molecule has 0 radical (unpaired) electrons. The van der Waals surface area contributed by atoms with Crippen molar-refractivity contribution in [3.63, 3.8) is 0 Å². The first-order valence-corrected chi connectivity index (χ1v) is 11.6. The Labute approximate surface area is 177 Å². The molecule has 5 rings (SSSR count). The monoisotopic (exact) mass is 408 g/mol. The molecule has 0 aromatic heterocycles. The van der Waals surface area contributed by atoms with Crippen molar-refractivity contribution in [3.8, 4) is 5.75 Å². The first kappa shape index (κ1) is 19.0. The highest BCUT2D eigenvalue weighted by atomic mass is 32.2. The zero-order valence-corrected chi connectivity index (χ0v) is 17.8. The van der Waals surface area contributed by atoms with E-state index in [1.54, 1.807) is 18.9 Å². The Kier molecular flexibility index (Phi) is 5.27. The molecular formula is C24H28N2O2S. The number of hydrogen-bond donors (Lipinski definition) is 0. The molecule has 152 valence electrons. The van der Waals surface area contributed by atoms with Gasteiger partial charge in [0.05, 0.1) is 18.5 Å². The molecule has 0 N–H and O–H groups in total. The van der Waals surface area contributed by atoms with Crippen LogP contribution in [0.15, 0.2) is 52.3 Å². The lowest BCUT2D eigenvalue weighted by Crippen LogP contribution is -2.49. The average molecular weight is 409 g/mol. The maximum atomic E-state index is 13.7. The SMILES string of the molecule is COc1ccc2c(c1)N(C(=O)C[C@@H]1CCCN3CCCCC13)c1ccccc1S2. The van der Waals surface area contributed by atoms with E-state index < -0.39 is 0 Å². The molecule has 2 atom stereocenters. The normalized spacial score (nSPS) is 23.7. The maximum absolute atomic E-state index is 13.7. The van der Waals surface area contributed by atoms with Gasteiger partial charge in [-0.05, 0) is 69.0 Å². The fraction of sp³-hybridized carbons (Fsp3) is 0.458. The number of benzene rings is 2. The quantitative estimate of drug-likeness (QED) is 0.673. The van der Waals surface area contributed by atoms with E-state index in [0.29, 0.717) is 18.4 Å². The van der Waals surface area contributed by atoms with Crippen molar-refractivity contribution in [1.29, 1.82) is 0 Å². The van der Waals surface area contributed by atoms with Crippen molar-refractivity contribution >= 4 is 29.0 Å². The lowest BCUT2D eigenvalue weighted by molar-refractivity contribution is -0.120. The van der Waals surface area contributed by atoms with Gasteiger partial charge in [-0.1, -0.05) is 30.3 Å². The van der Waals surface area contributed by atoms with Crippen LogP contribution in [0.1, 0.15) is 38.5 Å². The van der Waals surface area contributed by atoms with E-state index in [1.807, 2.05) is 29.2 Å². The van der Waals surface area contributed by atoms with Crippen molar-refractivity contribution in [2.45, 2.75) is 54.4 Å². The number of rotatable bonds is 3. The summed E-state index contributed by atoms with van der Waals surface area (Å²) in [5.41, 5.74) is 1.95. The van der Waals surface area contributed by atoms with Crippen molar-refractivity contribution < 1.29 is 9.53 Å². The summed E-state index contributed by atoms with van der Waals surface area (Å²) in [4.78, 5) is 20.6. The highest BCUT2D eigenvalue weighted by molar-refractivity contribution is 7.99. The van der Waals surface area contributed by atoms with Crippen LogP contribution >= 0.6 is 11.8 Å². The van der Waals surface area contributed by atoms with Gasteiger partial charge in [-0.15, -0.1) is 0 Å². The second kappa shape index (κ2) is 8.04. The van der Waals surface area contributed by atoms with Crippen LogP contribution < -0.4 is 9.64 Å². The number of para-hydroxylation sites is 1. The standard InChI is InChI=1S/C24H28N2O2S/c1-28-18-11-12-23-21(16-18)26(20-9-2-3-10-22(20)29-23)24(27)15-17-7-6-14-25-13-5-4-8-19(17)25/h2-3,9-12,16-17,19H,4-8,13-15H2,1H3/t17-,19?/m0/s1. The molecule has 1 unspecified atom stereocenters. The summed E-state index contributed by atoms with van der Waals surface area (Å²) in [7, 11) is 1.68. The first-order valence-electron chi connectivity index (χ1n) is 10.8. The fourth-order valence-electron chi connectivity index (χ4n) is 5.26. The molecule has 29 heavy (non-hydrogen) atoms. The number of ether oxygens (including phenoxy) is 1. The van der Waals surface area contributed by atoms with Crippen LogP contribution in [0, 0.1) is 5.92 Å². The van der Waals surface area contributed by atoms with Crippen molar-refractivity contribution in [1.82, 2.24) is 4.90 Å². The number of hydrogen-bond acceptors (Lipinski definition) is 4. The summed E-state index contributed by atoms with van der Waals surface area (Å²) in [6, 6.07) is 14.9. The van der Waals surface area contributed by atoms with Crippen LogP contribution in [0.5, 0.6) is 5.75 Å². The van der Waals surface area contributed by atoms with Crippen LogP contribution in [0.25, 0.3) is 0 Å². The molecule has 1 amide bonds. The highest BCUT2D eigenvalue weighted by Crippen LogP contribution is 2.49. The Bertz CT molecular complexity index is 914. The number of anilines is 2. The number of nitrogens with zero attached hydrogens (tertiary/aromatic N) is 2. The van der Waals surface area contributed by atoms with Crippen LogP contribution in [0.4, 0.5) is 11.4 Å². The highest BCUT2D eigenvalue weighted by Gasteiger charge is 2.36. The van der Waals surface area contributed by atoms with E-state index in [-0.39, 0.29) is 5.91 Å². The van der Waals surface area contributed by atoms with Gasteiger partial charge in [0, 0.05) is 28.3 Å². The summed E-state index contributed by atoms with van der Waals surface area (Å²) in [5.74, 6) is 1.47. The third kappa shape index (κ3) is 3.55. The molecule has 2 aromatic carbocycles. The Morgan fingerprint density at radius 3 is 2.76 bits per heavy atom. The first-order chi connectivity index (χ1) is 14.2. The van der Waals surface area contributed by atoms with Gasteiger partial charge >= 0.3 is 0 Å². The fourth-order valence-corrected chi connectivity index (χ4v) is 6.30. The molecule has 4 nitrogen and oxygen atoms in total. The molecule has 2 aromatic rings. The van der Waals surface area contributed by atoms with Gasteiger partial charge in [-0.25, -0.2) is 0 Å². The summed E-state index contributed by atoms with van der Waals surface area (Å²) in [6.45, 7) is 2.41. The third-order valence-corrected chi connectivity index (χ3v) is 7.78. The number of piperidine rings is 2. The van der Waals surface area contributed by atoms with Gasteiger partial charge in [-0.2, -0.15) is 0 Å². The summed E-state index contributed by atoms with van der Waals surface area (Å²) in [5, 5.41) is 0. The van der Waals surface area contributed by atoms with Crippen molar-refractivity contribution in [3.05, 3.63) is 42.5 Å². The molecule has 2 saturated heterocycles. The Balaban J connectivity index is 1.47. The van der Waals surface area contributed by atoms with E-state index >= 15 is 0 Å². The summed E-state index contributed by atoms with van der Waals surface area (Å²) < 4.78 is 5.46. The van der Waals surface area contributed by atoms with E-state index in [9.17, 15) is 4.79 Å². The van der Waals surface area contributed by atoms with Gasteiger partial charge in [0.25, 0.3) is 0 Å². The molecular weight excluding hydrogens is 380 g/mol.